The van der Waals surface area contributed by atoms with Crippen molar-refractivity contribution >= 4 is 27.5 Å². The maximum absolute atomic E-state index is 10.2. The van der Waals surface area contributed by atoms with Crippen LogP contribution >= 0.6 is 27.5 Å². The van der Waals surface area contributed by atoms with Crippen LogP contribution in [0.5, 0.6) is 0 Å². The second-order valence-corrected chi connectivity index (χ2v) is 4.56. The molecule has 2 nitrogen and oxygen atoms in total. The van der Waals surface area contributed by atoms with Crippen LogP contribution in [-0.4, -0.2) is 10.1 Å². The van der Waals surface area contributed by atoms with Gasteiger partial charge in [-0.2, -0.15) is 0 Å². The molecule has 0 bridgehead atoms. The zero-order valence-corrected chi connectivity index (χ0v) is 10.6. The summed E-state index contributed by atoms with van der Waals surface area (Å²) in [7, 11) is 0. The van der Waals surface area contributed by atoms with E-state index in [2.05, 4.69) is 20.9 Å². The van der Waals surface area contributed by atoms with Gasteiger partial charge >= 0.3 is 0 Å². The largest absolute Gasteiger partial charge is 0.384 e. The molecule has 1 unspecified atom stereocenters. The van der Waals surface area contributed by atoms with Crippen LogP contribution in [0.2, 0.25) is 5.02 Å². The Bertz CT molecular complexity index is 490. The van der Waals surface area contributed by atoms with E-state index in [1.165, 1.54) is 0 Å². The summed E-state index contributed by atoms with van der Waals surface area (Å²) in [6.45, 7) is 0. The highest BCUT2D eigenvalue weighted by Crippen LogP contribution is 2.32. The minimum Gasteiger partial charge on any atom is -0.384 e. The molecular formula is C12H9BrClNO. The van der Waals surface area contributed by atoms with E-state index in [4.69, 9.17) is 11.6 Å². The van der Waals surface area contributed by atoms with Gasteiger partial charge in [0.15, 0.2) is 0 Å². The van der Waals surface area contributed by atoms with Crippen molar-refractivity contribution in [2.45, 2.75) is 6.10 Å². The number of hydrogen-bond donors (Lipinski definition) is 1. The minimum atomic E-state index is -0.751. The van der Waals surface area contributed by atoms with Crippen molar-refractivity contribution in [2.75, 3.05) is 0 Å². The van der Waals surface area contributed by atoms with Crippen molar-refractivity contribution in [2.24, 2.45) is 0 Å². The van der Waals surface area contributed by atoms with Crippen LogP contribution < -0.4 is 0 Å². The van der Waals surface area contributed by atoms with Crippen molar-refractivity contribution in [3.63, 3.8) is 0 Å². The first-order valence-electron chi connectivity index (χ1n) is 4.72. The first-order valence-corrected chi connectivity index (χ1v) is 5.89. The monoisotopic (exact) mass is 297 g/mol. The predicted octanol–water partition coefficient (Wildman–Crippen LogP) is 3.58. The van der Waals surface area contributed by atoms with Gasteiger partial charge in [-0.3, -0.25) is 4.98 Å². The number of halogens is 2. The molecule has 0 aliphatic carbocycles. The fourth-order valence-electron chi connectivity index (χ4n) is 1.45. The summed E-state index contributed by atoms with van der Waals surface area (Å²) in [5.41, 5.74) is 1.39. The molecule has 0 amide bonds. The third-order valence-corrected chi connectivity index (χ3v) is 3.59. The maximum Gasteiger partial charge on any atom is 0.107 e. The fourth-order valence-corrected chi connectivity index (χ4v) is 2.06. The lowest BCUT2D eigenvalue weighted by atomic mass is 10.0. The second kappa shape index (κ2) is 4.95. The second-order valence-electron chi connectivity index (χ2n) is 3.33. The Kier molecular flexibility index (Phi) is 3.59. The lowest BCUT2D eigenvalue weighted by Crippen LogP contribution is -2.00. The smallest absolute Gasteiger partial charge is 0.107 e. The number of benzene rings is 1. The summed E-state index contributed by atoms with van der Waals surface area (Å²) in [5.74, 6) is 0. The Morgan fingerprint density at radius 3 is 2.75 bits per heavy atom. The lowest BCUT2D eigenvalue weighted by Gasteiger charge is -2.13. The highest BCUT2D eigenvalue weighted by Gasteiger charge is 2.15. The summed E-state index contributed by atoms with van der Waals surface area (Å²) in [5, 5.41) is 10.7. The van der Waals surface area contributed by atoms with Gasteiger partial charge in [-0.1, -0.05) is 29.8 Å². The van der Waals surface area contributed by atoms with Gasteiger partial charge in [0.25, 0.3) is 0 Å². The van der Waals surface area contributed by atoms with E-state index in [-0.39, 0.29) is 0 Å². The number of pyridine rings is 1. The topological polar surface area (TPSA) is 33.1 Å². The molecule has 0 aliphatic rings. The maximum atomic E-state index is 10.2. The number of aliphatic hydroxyl groups is 1. The van der Waals surface area contributed by atoms with Crippen molar-refractivity contribution in [3.8, 4) is 0 Å². The highest BCUT2D eigenvalue weighted by molar-refractivity contribution is 9.10. The van der Waals surface area contributed by atoms with Crippen LogP contribution in [0, 0.1) is 0 Å². The summed E-state index contributed by atoms with van der Waals surface area (Å²) >= 11 is 9.44. The molecule has 0 fully saturated rings. The average Bonchev–Trinajstić information content (AvgIpc) is 2.33. The summed E-state index contributed by atoms with van der Waals surface area (Å²) in [6.07, 6.45) is 2.54. The lowest BCUT2D eigenvalue weighted by molar-refractivity contribution is 0.220. The third kappa shape index (κ3) is 2.26. The molecule has 1 heterocycles. The molecule has 4 heteroatoms. The number of hydrogen-bond acceptors (Lipinski definition) is 2. The molecule has 0 aliphatic heterocycles. The van der Waals surface area contributed by atoms with E-state index >= 15 is 0 Å². The van der Waals surface area contributed by atoms with Crippen LogP contribution in [0.25, 0.3) is 0 Å². The number of aromatic nitrogens is 1. The Morgan fingerprint density at radius 2 is 2.06 bits per heavy atom. The Hall–Kier alpha value is -0.900. The number of nitrogens with zero attached hydrogens (tertiary/aromatic N) is 1. The van der Waals surface area contributed by atoms with Gasteiger partial charge in [-0.25, -0.2) is 0 Å². The molecular weight excluding hydrogens is 289 g/mol. The van der Waals surface area contributed by atoms with Gasteiger partial charge in [0.05, 0.1) is 5.02 Å². The van der Waals surface area contributed by atoms with Gasteiger partial charge < -0.3 is 5.11 Å². The van der Waals surface area contributed by atoms with Crippen molar-refractivity contribution in [1.29, 1.82) is 0 Å². The number of aliphatic hydroxyl groups excluding tert-OH is 1. The summed E-state index contributed by atoms with van der Waals surface area (Å²) in [6, 6.07) is 9.07. The molecule has 1 aromatic heterocycles. The van der Waals surface area contributed by atoms with Gasteiger partial charge in [0.1, 0.15) is 6.10 Å². The average molecular weight is 299 g/mol. The molecule has 2 rings (SSSR count). The highest BCUT2D eigenvalue weighted by atomic mass is 79.9. The molecule has 0 saturated heterocycles. The van der Waals surface area contributed by atoms with E-state index < -0.39 is 6.10 Å². The first kappa shape index (κ1) is 11.6. The van der Waals surface area contributed by atoms with E-state index in [0.717, 1.165) is 10.0 Å². The normalized spacial score (nSPS) is 12.4. The molecule has 0 saturated carbocycles. The van der Waals surface area contributed by atoms with Crippen molar-refractivity contribution in [3.05, 3.63) is 63.3 Å². The van der Waals surface area contributed by atoms with Crippen molar-refractivity contribution in [1.82, 2.24) is 4.98 Å². The molecule has 0 spiro atoms. The molecule has 1 N–H and O–H groups in total. The van der Waals surface area contributed by atoms with Gasteiger partial charge in [-0.15, -0.1) is 0 Å². The zero-order valence-electron chi connectivity index (χ0n) is 8.27. The van der Waals surface area contributed by atoms with E-state index in [1.807, 2.05) is 18.2 Å². The Balaban J connectivity index is 2.42. The van der Waals surface area contributed by atoms with Crippen LogP contribution in [0.15, 0.2) is 47.2 Å². The van der Waals surface area contributed by atoms with Gasteiger partial charge in [0, 0.05) is 28.0 Å². The first-order chi connectivity index (χ1) is 7.70. The molecule has 16 heavy (non-hydrogen) atoms. The van der Waals surface area contributed by atoms with Gasteiger partial charge in [-0.05, 0) is 28.1 Å². The van der Waals surface area contributed by atoms with Crippen LogP contribution in [-0.2, 0) is 0 Å². The van der Waals surface area contributed by atoms with Crippen LogP contribution in [0.3, 0.4) is 0 Å². The van der Waals surface area contributed by atoms with E-state index in [1.54, 1.807) is 24.5 Å². The summed E-state index contributed by atoms with van der Waals surface area (Å²) in [4.78, 5) is 3.97. The standard InChI is InChI=1S/C12H9BrClNO/c13-10-5-1-4-9(11(10)14)12(16)8-3-2-6-15-7-8/h1-7,12,16H. The zero-order chi connectivity index (χ0) is 11.5. The molecule has 82 valence electrons. The molecule has 1 atom stereocenters. The van der Waals surface area contributed by atoms with Gasteiger partial charge in [0.2, 0.25) is 0 Å². The van der Waals surface area contributed by atoms with Crippen LogP contribution in [0.4, 0.5) is 0 Å². The third-order valence-electron chi connectivity index (χ3n) is 2.28. The summed E-state index contributed by atoms with van der Waals surface area (Å²) < 4.78 is 0.773. The van der Waals surface area contributed by atoms with E-state index in [0.29, 0.717) is 10.6 Å². The molecule has 0 radical (unpaired) electrons. The quantitative estimate of drug-likeness (QED) is 0.919. The van der Waals surface area contributed by atoms with E-state index in [9.17, 15) is 5.11 Å². The molecule has 1 aromatic carbocycles. The number of rotatable bonds is 2. The SMILES string of the molecule is OC(c1cccnc1)c1cccc(Br)c1Cl. The minimum absolute atomic E-state index is 0.527. The van der Waals surface area contributed by atoms with Crippen LogP contribution in [0.1, 0.15) is 17.2 Å². The molecule has 2 aromatic rings. The van der Waals surface area contributed by atoms with Crippen molar-refractivity contribution < 1.29 is 5.11 Å². The predicted molar refractivity (Wildman–Crippen MR) is 67.5 cm³/mol. The fraction of sp³-hybridized carbons (Fsp3) is 0.0833. The Labute approximate surface area is 107 Å². The Morgan fingerprint density at radius 1 is 1.25 bits per heavy atom.